The van der Waals surface area contributed by atoms with Crippen molar-refractivity contribution in [2.75, 3.05) is 6.54 Å². The van der Waals surface area contributed by atoms with Crippen molar-refractivity contribution < 1.29 is 12.8 Å². The van der Waals surface area contributed by atoms with E-state index in [4.69, 9.17) is 4.42 Å². The topological polar surface area (TPSA) is 71.3 Å². The smallest absolute Gasteiger partial charge is 0.244 e. The van der Waals surface area contributed by atoms with Crippen LogP contribution in [0.3, 0.4) is 0 Å². The molecule has 0 radical (unpaired) electrons. The van der Waals surface area contributed by atoms with E-state index in [1.54, 1.807) is 13.0 Å². The Kier molecular flexibility index (Phi) is 5.46. The molecular formula is C15H26N2O3S. The number of aryl methyl sites for hydroxylation is 1. The van der Waals surface area contributed by atoms with E-state index in [0.29, 0.717) is 36.6 Å². The molecule has 1 aromatic rings. The average Bonchev–Trinajstić information content (AvgIpc) is 3.03. The van der Waals surface area contributed by atoms with Crippen LogP contribution in [-0.4, -0.2) is 21.0 Å². The molecule has 0 spiro atoms. The minimum Gasteiger partial charge on any atom is -0.464 e. The van der Waals surface area contributed by atoms with Crippen molar-refractivity contribution in [1.29, 1.82) is 0 Å². The van der Waals surface area contributed by atoms with Crippen molar-refractivity contribution in [2.45, 2.75) is 63.9 Å². The number of furan rings is 1. The van der Waals surface area contributed by atoms with Gasteiger partial charge in [-0.2, -0.15) is 0 Å². The van der Waals surface area contributed by atoms with Gasteiger partial charge in [0, 0.05) is 18.7 Å². The first-order chi connectivity index (χ1) is 9.88. The quantitative estimate of drug-likeness (QED) is 0.811. The molecule has 1 heterocycles. The van der Waals surface area contributed by atoms with Gasteiger partial charge >= 0.3 is 0 Å². The number of hydrogen-bond acceptors (Lipinski definition) is 4. The zero-order valence-corrected chi connectivity index (χ0v) is 13.9. The second-order valence-corrected chi connectivity index (χ2v) is 7.91. The number of sulfonamides is 1. The molecule has 1 saturated carbocycles. The van der Waals surface area contributed by atoms with Gasteiger partial charge in [-0.3, -0.25) is 0 Å². The van der Waals surface area contributed by atoms with Crippen molar-refractivity contribution in [3.8, 4) is 0 Å². The second-order valence-electron chi connectivity index (χ2n) is 6.17. The first-order valence-electron chi connectivity index (χ1n) is 7.71. The van der Waals surface area contributed by atoms with Crippen LogP contribution >= 0.6 is 0 Å². The first kappa shape index (κ1) is 16.5. The van der Waals surface area contributed by atoms with Crippen LogP contribution in [0.1, 0.15) is 51.1 Å². The van der Waals surface area contributed by atoms with Gasteiger partial charge in [0.15, 0.2) is 0 Å². The second kappa shape index (κ2) is 6.94. The average molecular weight is 314 g/mol. The summed E-state index contributed by atoms with van der Waals surface area (Å²) in [6, 6.07) is 1.96. The lowest BCUT2D eigenvalue weighted by molar-refractivity contribution is 0.443. The van der Waals surface area contributed by atoms with E-state index in [0.717, 1.165) is 12.8 Å². The number of rotatable bonds is 7. The highest BCUT2D eigenvalue weighted by molar-refractivity contribution is 7.89. The minimum atomic E-state index is -3.47. The molecule has 2 rings (SSSR count). The Labute approximate surface area is 127 Å². The molecule has 0 amide bonds. The summed E-state index contributed by atoms with van der Waals surface area (Å²) in [6.45, 7) is 6.85. The largest absolute Gasteiger partial charge is 0.464 e. The maximum atomic E-state index is 12.4. The molecule has 1 aliphatic carbocycles. The zero-order valence-electron chi connectivity index (χ0n) is 13.1. The highest BCUT2D eigenvalue weighted by atomic mass is 32.2. The molecule has 0 bridgehead atoms. The Hall–Kier alpha value is -0.850. The summed E-state index contributed by atoms with van der Waals surface area (Å²) in [4.78, 5) is 0.265. The normalized spacial score (nSPS) is 17.0. The Morgan fingerprint density at radius 3 is 2.62 bits per heavy atom. The van der Waals surface area contributed by atoms with Crippen molar-refractivity contribution in [1.82, 2.24) is 10.0 Å². The molecule has 0 aromatic carbocycles. The molecule has 5 nitrogen and oxygen atoms in total. The van der Waals surface area contributed by atoms with Crippen LogP contribution in [-0.2, 0) is 16.6 Å². The third-order valence-corrected chi connectivity index (χ3v) is 5.47. The number of hydrogen-bond donors (Lipinski definition) is 2. The molecule has 0 unspecified atom stereocenters. The summed E-state index contributed by atoms with van der Waals surface area (Å²) in [6.07, 6.45) is 4.66. The predicted octanol–water partition coefficient (Wildman–Crippen LogP) is 2.55. The van der Waals surface area contributed by atoms with E-state index in [9.17, 15) is 8.42 Å². The fourth-order valence-electron chi connectivity index (χ4n) is 2.70. The van der Waals surface area contributed by atoms with Crippen molar-refractivity contribution in [2.24, 2.45) is 5.92 Å². The van der Waals surface area contributed by atoms with Gasteiger partial charge in [-0.25, -0.2) is 13.1 Å². The van der Waals surface area contributed by atoms with Crippen LogP contribution in [0.25, 0.3) is 0 Å². The highest BCUT2D eigenvalue weighted by Gasteiger charge is 2.23. The van der Waals surface area contributed by atoms with E-state index in [2.05, 4.69) is 10.0 Å². The monoisotopic (exact) mass is 314 g/mol. The van der Waals surface area contributed by atoms with Crippen LogP contribution in [0.15, 0.2) is 15.4 Å². The third kappa shape index (κ3) is 4.56. The molecule has 21 heavy (non-hydrogen) atoms. The first-order valence-corrected chi connectivity index (χ1v) is 9.19. The van der Waals surface area contributed by atoms with Gasteiger partial charge in [-0.15, -0.1) is 0 Å². The third-order valence-electron chi connectivity index (χ3n) is 3.93. The molecule has 0 aliphatic heterocycles. The van der Waals surface area contributed by atoms with Crippen molar-refractivity contribution >= 4 is 10.0 Å². The lowest BCUT2D eigenvalue weighted by Crippen LogP contribution is -2.28. The van der Waals surface area contributed by atoms with E-state index in [-0.39, 0.29) is 4.90 Å². The Balaban J connectivity index is 2.01. The van der Waals surface area contributed by atoms with Gasteiger partial charge in [0.1, 0.15) is 16.4 Å². The predicted molar refractivity (Wildman–Crippen MR) is 82.6 cm³/mol. The standard InChI is InChI=1S/C15H26N2O3S/c1-11(2)16-10-14-8-15(12(3)20-14)21(18,19)17-9-13-6-4-5-7-13/h8,11,13,16-17H,4-7,9-10H2,1-3H3. The van der Waals surface area contributed by atoms with Crippen LogP contribution < -0.4 is 10.0 Å². The SMILES string of the molecule is Cc1oc(CNC(C)C)cc1S(=O)(=O)NCC1CCCC1. The fourth-order valence-corrected chi connectivity index (χ4v) is 4.02. The summed E-state index contributed by atoms with van der Waals surface area (Å²) >= 11 is 0. The van der Waals surface area contributed by atoms with E-state index in [1.807, 2.05) is 13.8 Å². The van der Waals surface area contributed by atoms with E-state index in [1.165, 1.54) is 12.8 Å². The Morgan fingerprint density at radius 1 is 1.33 bits per heavy atom. The van der Waals surface area contributed by atoms with Gasteiger partial charge < -0.3 is 9.73 Å². The fraction of sp³-hybridized carbons (Fsp3) is 0.733. The van der Waals surface area contributed by atoms with Gasteiger partial charge in [0.05, 0.1) is 6.54 Å². The Bertz CT molecular complexity index is 557. The van der Waals surface area contributed by atoms with E-state index >= 15 is 0 Å². The van der Waals surface area contributed by atoms with Gasteiger partial charge in [-0.05, 0) is 25.7 Å². The molecule has 1 aliphatic rings. The molecule has 1 fully saturated rings. The van der Waals surface area contributed by atoms with Crippen molar-refractivity contribution in [3.63, 3.8) is 0 Å². The highest BCUT2D eigenvalue weighted by Crippen LogP contribution is 2.25. The lowest BCUT2D eigenvalue weighted by atomic mass is 10.1. The summed E-state index contributed by atoms with van der Waals surface area (Å²) in [5.74, 6) is 1.59. The maximum absolute atomic E-state index is 12.4. The van der Waals surface area contributed by atoms with E-state index < -0.39 is 10.0 Å². The molecule has 120 valence electrons. The minimum absolute atomic E-state index is 0.265. The summed E-state index contributed by atoms with van der Waals surface area (Å²) in [7, 11) is -3.47. The zero-order chi connectivity index (χ0) is 15.5. The van der Waals surface area contributed by atoms with Crippen LogP contribution in [0.5, 0.6) is 0 Å². The summed E-state index contributed by atoms with van der Waals surface area (Å²) < 4.78 is 33.0. The van der Waals surface area contributed by atoms with Crippen LogP contribution in [0, 0.1) is 12.8 Å². The summed E-state index contributed by atoms with van der Waals surface area (Å²) in [5, 5.41) is 3.22. The van der Waals surface area contributed by atoms with Crippen LogP contribution in [0.2, 0.25) is 0 Å². The molecule has 6 heteroatoms. The Morgan fingerprint density at radius 2 is 2.00 bits per heavy atom. The summed E-state index contributed by atoms with van der Waals surface area (Å²) in [5.41, 5.74) is 0. The molecule has 0 saturated heterocycles. The maximum Gasteiger partial charge on any atom is 0.244 e. The lowest BCUT2D eigenvalue weighted by Gasteiger charge is -2.10. The van der Waals surface area contributed by atoms with Gasteiger partial charge in [-0.1, -0.05) is 26.7 Å². The number of nitrogens with one attached hydrogen (secondary N) is 2. The van der Waals surface area contributed by atoms with Crippen LogP contribution in [0.4, 0.5) is 0 Å². The molecule has 2 N–H and O–H groups in total. The molecular weight excluding hydrogens is 288 g/mol. The van der Waals surface area contributed by atoms with Gasteiger partial charge in [0.2, 0.25) is 10.0 Å². The van der Waals surface area contributed by atoms with Gasteiger partial charge in [0.25, 0.3) is 0 Å². The molecule has 0 atom stereocenters. The molecule has 1 aromatic heterocycles. The van der Waals surface area contributed by atoms with Crippen molar-refractivity contribution in [3.05, 3.63) is 17.6 Å².